The number of rotatable bonds is 1. The first-order chi connectivity index (χ1) is 12.6. The van der Waals surface area contributed by atoms with Crippen molar-refractivity contribution in [2.45, 2.75) is 0 Å². The Balaban J connectivity index is 1.86. The average Bonchev–Trinajstić information content (AvgIpc) is 3.16. The van der Waals surface area contributed by atoms with Gasteiger partial charge in [-0.2, -0.15) is 0 Å². The van der Waals surface area contributed by atoms with Crippen molar-refractivity contribution in [3.8, 4) is 11.1 Å². The van der Waals surface area contributed by atoms with Crippen LogP contribution in [0.25, 0.3) is 22.5 Å². The molecule has 2 aliphatic rings. The first-order valence-corrected chi connectivity index (χ1v) is 8.09. The van der Waals surface area contributed by atoms with Gasteiger partial charge in [0.1, 0.15) is 5.76 Å². The van der Waals surface area contributed by atoms with Crippen LogP contribution in [0.3, 0.4) is 0 Å². The summed E-state index contributed by atoms with van der Waals surface area (Å²) in [4.78, 5) is 23.0. The number of carbonyl (C=O) groups excluding carboxylic acids is 1. The van der Waals surface area contributed by atoms with Crippen LogP contribution in [0.2, 0.25) is 0 Å². The van der Waals surface area contributed by atoms with Gasteiger partial charge in [0.2, 0.25) is 0 Å². The number of fused-ring (bicyclic) bond motifs is 4. The second-order valence-corrected chi connectivity index (χ2v) is 6.17. The summed E-state index contributed by atoms with van der Waals surface area (Å²) in [5, 5.41) is 11.2. The van der Waals surface area contributed by atoms with E-state index < -0.39 is 10.9 Å². The summed E-state index contributed by atoms with van der Waals surface area (Å²) in [5.41, 5.74) is 5.56. The van der Waals surface area contributed by atoms with Crippen LogP contribution in [0.1, 0.15) is 27.0 Å². The molecule has 5 rings (SSSR count). The standard InChI is InChI=1S/C21H11NO4/c23-21-17-10-9-12(22(24)25)11-18(17)20(26-21)19-15-7-3-1-5-13(15)14-6-2-4-8-16(14)19/h1-11H. The number of hydrogen-bond acceptors (Lipinski definition) is 4. The first kappa shape index (κ1) is 14.6. The number of ether oxygens (including phenoxy) is 1. The molecule has 0 bridgehead atoms. The van der Waals surface area contributed by atoms with Crippen molar-refractivity contribution in [2.75, 3.05) is 0 Å². The van der Waals surface area contributed by atoms with Gasteiger partial charge in [-0.05, 0) is 28.3 Å². The van der Waals surface area contributed by atoms with Gasteiger partial charge in [-0.25, -0.2) is 4.79 Å². The highest BCUT2D eigenvalue weighted by atomic mass is 16.6. The maximum Gasteiger partial charge on any atom is 0.344 e. The molecule has 0 atom stereocenters. The van der Waals surface area contributed by atoms with Gasteiger partial charge in [0.05, 0.1) is 10.5 Å². The molecule has 26 heavy (non-hydrogen) atoms. The Bertz CT molecular complexity index is 1110. The lowest BCUT2D eigenvalue weighted by Gasteiger charge is -2.07. The Labute approximate surface area is 148 Å². The third kappa shape index (κ3) is 1.88. The number of hydrogen-bond donors (Lipinski definition) is 0. The van der Waals surface area contributed by atoms with Gasteiger partial charge < -0.3 is 4.74 Å². The summed E-state index contributed by atoms with van der Waals surface area (Å²) in [6.45, 7) is 0. The Morgan fingerprint density at radius 2 is 1.31 bits per heavy atom. The van der Waals surface area contributed by atoms with E-state index in [-0.39, 0.29) is 5.69 Å². The number of esters is 1. The SMILES string of the molecule is O=C1OC(=C2c3ccccc3-c3ccccc32)c2cc([N+](=O)[O-])ccc21. The molecule has 3 aromatic carbocycles. The number of non-ortho nitro benzene ring substituents is 1. The van der Waals surface area contributed by atoms with Gasteiger partial charge in [-0.15, -0.1) is 0 Å². The molecule has 3 aromatic rings. The fourth-order valence-electron chi connectivity index (χ4n) is 3.66. The topological polar surface area (TPSA) is 69.4 Å². The van der Waals surface area contributed by atoms with E-state index in [9.17, 15) is 14.9 Å². The molecule has 0 N–H and O–H groups in total. The number of benzene rings is 3. The van der Waals surface area contributed by atoms with Crippen molar-refractivity contribution in [1.29, 1.82) is 0 Å². The van der Waals surface area contributed by atoms with Crippen LogP contribution in [-0.2, 0) is 4.74 Å². The third-order valence-electron chi connectivity index (χ3n) is 4.78. The van der Waals surface area contributed by atoms with Crippen LogP contribution in [-0.4, -0.2) is 10.9 Å². The monoisotopic (exact) mass is 341 g/mol. The normalized spacial score (nSPS) is 13.9. The van der Waals surface area contributed by atoms with E-state index >= 15 is 0 Å². The lowest BCUT2D eigenvalue weighted by atomic mass is 9.98. The van der Waals surface area contributed by atoms with Gasteiger partial charge >= 0.3 is 5.97 Å². The lowest BCUT2D eigenvalue weighted by molar-refractivity contribution is -0.384. The van der Waals surface area contributed by atoms with Crippen LogP contribution in [0, 0.1) is 10.1 Å². The molecule has 0 spiro atoms. The highest BCUT2D eigenvalue weighted by Gasteiger charge is 2.35. The summed E-state index contributed by atoms with van der Waals surface area (Å²) in [5.74, 6) is -0.106. The van der Waals surface area contributed by atoms with Crippen LogP contribution in [0.4, 0.5) is 5.69 Å². The van der Waals surface area contributed by atoms with Crippen molar-refractivity contribution < 1.29 is 14.5 Å². The van der Waals surface area contributed by atoms with Crippen molar-refractivity contribution in [3.63, 3.8) is 0 Å². The molecule has 0 saturated heterocycles. The van der Waals surface area contributed by atoms with E-state index in [0.717, 1.165) is 27.8 Å². The number of cyclic esters (lactones) is 1. The van der Waals surface area contributed by atoms with Gasteiger partial charge in [-0.1, -0.05) is 48.5 Å². The summed E-state index contributed by atoms with van der Waals surface area (Å²) in [6, 6.07) is 20.0. The zero-order chi connectivity index (χ0) is 17.8. The fourth-order valence-corrected chi connectivity index (χ4v) is 3.66. The number of carbonyl (C=O) groups is 1. The minimum atomic E-state index is -0.487. The lowest BCUT2D eigenvalue weighted by Crippen LogP contribution is -1.94. The second kappa shape index (κ2) is 5.13. The summed E-state index contributed by atoms with van der Waals surface area (Å²) < 4.78 is 5.58. The largest absolute Gasteiger partial charge is 0.422 e. The van der Waals surface area contributed by atoms with E-state index in [4.69, 9.17) is 4.74 Å². The zero-order valence-corrected chi connectivity index (χ0v) is 13.4. The highest BCUT2D eigenvalue weighted by molar-refractivity contribution is 6.15. The summed E-state index contributed by atoms with van der Waals surface area (Å²) in [6.07, 6.45) is 0. The van der Waals surface area contributed by atoms with Gasteiger partial charge in [-0.3, -0.25) is 10.1 Å². The average molecular weight is 341 g/mol. The highest BCUT2D eigenvalue weighted by Crippen LogP contribution is 2.49. The molecule has 1 aliphatic carbocycles. The predicted octanol–water partition coefficient (Wildman–Crippen LogP) is 4.66. The van der Waals surface area contributed by atoms with Crippen molar-refractivity contribution in [3.05, 3.63) is 99.1 Å². The van der Waals surface area contributed by atoms with Crippen molar-refractivity contribution in [2.24, 2.45) is 0 Å². The van der Waals surface area contributed by atoms with Gasteiger partial charge in [0.25, 0.3) is 5.69 Å². The predicted molar refractivity (Wildman–Crippen MR) is 96.3 cm³/mol. The van der Waals surface area contributed by atoms with Crippen LogP contribution in [0.5, 0.6) is 0 Å². The molecule has 124 valence electrons. The molecule has 0 unspecified atom stereocenters. The van der Waals surface area contributed by atoms with E-state index in [1.165, 1.54) is 18.2 Å². The molecule has 1 heterocycles. The smallest absolute Gasteiger partial charge is 0.344 e. The van der Waals surface area contributed by atoms with Crippen LogP contribution in [0.15, 0.2) is 66.7 Å². The molecule has 0 fully saturated rings. The number of nitrogens with zero attached hydrogens (tertiary/aromatic N) is 1. The van der Waals surface area contributed by atoms with Crippen LogP contribution < -0.4 is 0 Å². The Kier molecular flexibility index (Phi) is 2.88. The molecule has 0 amide bonds. The molecule has 5 heteroatoms. The Hall–Kier alpha value is -3.73. The van der Waals surface area contributed by atoms with Crippen molar-refractivity contribution in [1.82, 2.24) is 0 Å². The van der Waals surface area contributed by atoms with E-state index in [2.05, 4.69) is 0 Å². The molecular weight excluding hydrogens is 330 g/mol. The molecular formula is C21H11NO4. The number of nitro groups is 1. The van der Waals surface area contributed by atoms with Crippen LogP contribution >= 0.6 is 0 Å². The molecule has 5 nitrogen and oxygen atoms in total. The maximum absolute atomic E-state index is 12.3. The third-order valence-corrected chi connectivity index (χ3v) is 4.78. The van der Waals surface area contributed by atoms with E-state index in [1.54, 1.807) is 0 Å². The Morgan fingerprint density at radius 1 is 0.731 bits per heavy atom. The summed E-state index contributed by atoms with van der Waals surface area (Å²) >= 11 is 0. The van der Waals surface area contributed by atoms with Gasteiger partial charge in [0, 0.05) is 23.3 Å². The Morgan fingerprint density at radius 3 is 1.88 bits per heavy atom. The zero-order valence-electron chi connectivity index (χ0n) is 13.4. The first-order valence-electron chi connectivity index (χ1n) is 8.09. The molecule has 0 radical (unpaired) electrons. The second-order valence-electron chi connectivity index (χ2n) is 6.17. The molecule has 1 aliphatic heterocycles. The molecule has 0 saturated carbocycles. The summed E-state index contributed by atoms with van der Waals surface area (Å²) in [7, 11) is 0. The fraction of sp³-hybridized carbons (Fsp3) is 0. The molecule has 0 aromatic heterocycles. The minimum absolute atomic E-state index is 0.0697. The van der Waals surface area contributed by atoms with Crippen molar-refractivity contribution >= 4 is 23.0 Å². The quantitative estimate of drug-likeness (QED) is 0.287. The van der Waals surface area contributed by atoms with E-state index in [1.807, 2.05) is 48.5 Å². The minimum Gasteiger partial charge on any atom is -0.422 e. The maximum atomic E-state index is 12.3. The number of nitro benzene ring substituents is 1. The van der Waals surface area contributed by atoms with Gasteiger partial charge in [0.15, 0.2) is 0 Å². The van der Waals surface area contributed by atoms with E-state index in [0.29, 0.717) is 16.9 Å².